The Morgan fingerprint density at radius 3 is 1.50 bits per heavy atom. The van der Waals surface area contributed by atoms with Crippen molar-refractivity contribution in [2.24, 2.45) is 0 Å². The van der Waals surface area contributed by atoms with Crippen LogP contribution in [-0.2, 0) is 9.05 Å². The van der Waals surface area contributed by atoms with Crippen molar-refractivity contribution in [2.75, 3.05) is 6.26 Å². The Morgan fingerprint density at radius 1 is 1.07 bits per heavy atom. The van der Waals surface area contributed by atoms with Crippen LogP contribution in [0.15, 0.2) is 30.3 Å². The van der Waals surface area contributed by atoms with Crippen molar-refractivity contribution < 1.29 is 8.42 Å². The van der Waals surface area contributed by atoms with Crippen LogP contribution < -0.4 is 0 Å². The van der Waals surface area contributed by atoms with E-state index in [2.05, 4.69) is 29.7 Å². The first kappa shape index (κ1) is 15.9. The number of benzene rings is 1. The monoisotopic (exact) mass is 236 g/mol. The van der Waals surface area contributed by atoms with Crippen LogP contribution in [0.1, 0.15) is 19.4 Å². The van der Waals surface area contributed by atoms with Gasteiger partial charge in [-0.25, -0.2) is 8.42 Å². The van der Waals surface area contributed by atoms with Crippen molar-refractivity contribution >= 4 is 19.7 Å². The van der Waals surface area contributed by atoms with Crippen LogP contribution in [0.4, 0.5) is 0 Å². The molecule has 1 aromatic carbocycles. The van der Waals surface area contributed by atoms with Crippen molar-refractivity contribution in [3.05, 3.63) is 35.9 Å². The number of rotatable bonds is 0. The molecule has 0 spiro atoms. The highest BCUT2D eigenvalue weighted by molar-refractivity contribution is 8.13. The normalized spacial score (nSPS) is 8.93. The average Bonchev–Trinajstić information content (AvgIpc) is 2.06. The molecule has 4 heteroatoms. The van der Waals surface area contributed by atoms with Gasteiger partial charge in [0.25, 0.3) is 0 Å². The van der Waals surface area contributed by atoms with Crippen LogP contribution in [0.25, 0.3) is 0 Å². The van der Waals surface area contributed by atoms with E-state index in [1.165, 1.54) is 5.56 Å². The minimum atomic E-state index is -3.19. The van der Waals surface area contributed by atoms with E-state index < -0.39 is 9.05 Å². The maximum atomic E-state index is 9.40. The number of halogens is 1. The van der Waals surface area contributed by atoms with Crippen molar-refractivity contribution in [2.45, 2.75) is 20.8 Å². The summed E-state index contributed by atoms with van der Waals surface area (Å²) in [5, 5.41) is 0. The average molecular weight is 237 g/mol. The standard InChI is InChI=1S/C7H8.C2H6.CH3ClO2S/c1-7-5-3-2-4-6-7;1-2;1-5(2,3)4/h2-6H,1H3;1-2H3;1H3. The molecule has 0 atom stereocenters. The van der Waals surface area contributed by atoms with Gasteiger partial charge in [-0.1, -0.05) is 49.7 Å². The molecule has 0 saturated carbocycles. The van der Waals surface area contributed by atoms with Gasteiger partial charge in [0.05, 0.1) is 6.26 Å². The first-order valence-electron chi connectivity index (χ1n) is 4.31. The zero-order valence-corrected chi connectivity index (χ0v) is 10.6. The summed E-state index contributed by atoms with van der Waals surface area (Å²) >= 11 is 0. The highest BCUT2D eigenvalue weighted by Gasteiger charge is 1.83. The van der Waals surface area contributed by atoms with E-state index in [1.54, 1.807) is 0 Å². The third kappa shape index (κ3) is 22.5. The van der Waals surface area contributed by atoms with E-state index >= 15 is 0 Å². The zero-order chi connectivity index (χ0) is 11.6. The van der Waals surface area contributed by atoms with Gasteiger partial charge in [0.1, 0.15) is 0 Å². The van der Waals surface area contributed by atoms with E-state index in [4.69, 9.17) is 0 Å². The molecule has 1 aromatic rings. The van der Waals surface area contributed by atoms with Crippen molar-refractivity contribution in [1.29, 1.82) is 0 Å². The van der Waals surface area contributed by atoms with E-state index in [9.17, 15) is 8.42 Å². The topological polar surface area (TPSA) is 34.1 Å². The lowest BCUT2D eigenvalue weighted by atomic mass is 10.2. The van der Waals surface area contributed by atoms with Crippen LogP contribution in [0.2, 0.25) is 0 Å². The lowest BCUT2D eigenvalue weighted by molar-refractivity contribution is 0.615. The van der Waals surface area contributed by atoms with Crippen molar-refractivity contribution in [1.82, 2.24) is 0 Å². The molecule has 0 N–H and O–H groups in total. The lowest BCUT2D eigenvalue weighted by Crippen LogP contribution is -1.76. The fraction of sp³-hybridized carbons (Fsp3) is 0.400. The molecule has 0 aromatic heterocycles. The lowest BCUT2D eigenvalue weighted by Gasteiger charge is -1.82. The Hall–Kier alpha value is -0.540. The molecule has 0 fully saturated rings. The van der Waals surface area contributed by atoms with Gasteiger partial charge in [0.2, 0.25) is 9.05 Å². The third-order valence-electron chi connectivity index (χ3n) is 0.940. The molecule has 0 saturated heterocycles. The summed E-state index contributed by atoms with van der Waals surface area (Å²) in [5.41, 5.74) is 1.32. The van der Waals surface area contributed by atoms with Gasteiger partial charge in [0, 0.05) is 10.7 Å². The smallest absolute Gasteiger partial charge is 0.213 e. The Balaban J connectivity index is 0. The summed E-state index contributed by atoms with van der Waals surface area (Å²) in [6.07, 6.45) is 0.925. The summed E-state index contributed by atoms with van der Waals surface area (Å²) in [6, 6.07) is 10.3. The predicted molar refractivity (Wildman–Crippen MR) is 63.2 cm³/mol. The molecule has 0 aliphatic heterocycles. The molecule has 0 bridgehead atoms. The molecule has 0 amide bonds. The van der Waals surface area contributed by atoms with Crippen molar-refractivity contribution in [3.8, 4) is 0 Å². The maximum Gasteiger partial charge on any atom is 0.229 e. The van der Waals surface area contributed by atoms with Gasteiger partial charge in [-0.2, -0.15) is 0 Å². The molecule has 0 aliphatic carbocycles. The fourth-order valence-electron chi connectivity index (χ4n) is 0.534. The van der Waals surface area contributed by atoms with Crippen LogP contribution in [0, 0.1) is 6.92 Å². The van der Waals surface area contributed by atoms with Gasteiger partial charge in [-0.3, -0.25) is 0 Å². The Morgan fingerprint density at radius 2 is 1.36 bits per heavy atom. The highest BCUT2D eigenvalue weighted by atomic mass is 35.7. The van der Waals surface area contributed by atoms with E-state index in [-0.39, 0.29) is 0 Å². The molecule has 2 nitrogen and oxygen atoms in total. The van der Waals surface area contributed by atoms with Crippen molar-refractivity contribution in [3.63, 3.8) is 0 Å². The summed E-state index contributed by atoms with van der Waals surface area (Å²) in [5.74, 6) is 0. The van der Waals surface area contributed by atoms with Crippen LogP contribution in [-0.4, -0.2) is 14.7 Å². The maximum absolute atomic E-state index is 9.40. The fourth-order valence-corrected chi connectivity index (χ4v) is 0.534. The Bertz CT molecular complexity index is 298. The van der Waals surface area contributed by atoms with Crippen LogP contribution in [0.3, 0.4) is 0 Å². The van der Waals surface area contributed by atoms with Gasteiger partial charge in [-0.05, 0) is 6.92 Å². The quantitative estimate of drug-likeness (QED) is 0.649. The first-order valence-corrected chi connectivity index (χ1v) is 7.02. The van der Waals surface area contributed by atoms with E-state index in [0.29, 0.717) is 0 Å². The molecular formula is C10H17ClO2S. The molecule has 0 heterocycles. The van der Waals surface area contributed by atoms with Gasteiger partial charge < -0.3 is 0 Å². The van der Waals surface area contributed by atoms with Gasteiger partial charge >= 0.3 is 0 Å². The first-order chi connectivity index (χ1) is 6.39. The molecule has 1 rings (SSSR count). The minimum Gasteiger partial charge on any atom is -0.213 e. The zero-order valence-electron chi connectivity index (χ0n) is 8.99. The highest BCUT2D eigenvalue weighted by Crippen LogP contribution is 1.92. The Kier molecular flexibility index (Phi) is 10.3. The number of hydrogen-bond acceptors (Lipinski definition) is 2. The van der Waals surface area contributed by atoms with E-state index in [1.807, 2.05) is 32.0 Å². The van der Waals surface area contributed by atoms with Gasteiger partial charge in [0.15, 0.2) is 0 Å². The van der Waals surface area contributed by atoms with Crippen LogP contribution in [0.5, 0.6) is 0 Å². The second kappa shape index (κ2) is 9.03. The van der Waals surface area contributed by atoms with E-state index in [0.717, 1.165) is 6.26 Å². The van der Waals surface area contributed by atoms with Crippen LogP contribution >= 0.6 is 10.7 Å². The predicted octanol–water partition coefficient (Wildman–Crippen LogP) is 3.21. The summed E-state index contributed by atoms with van der Waals surface area (Å²) in [4.78, 5) is 0. The Labute approximate surface area is 91.3 Å². The van der Waals surface area contributed by atoms with Gasteiger partial charge in [-0.15, -0.1) is 0 Å². The molecule has 0 radical (unpaired) electrons. The SMILES string of the molecule is CC.CS(=O)(=O)Cl.Cc1ccccc1. The number of aryl methyl sites for hydroxylation is 1. The number of hydrogen-bond donors (Lipinski definition) is 0. The molecule has 82 valence electrons. The molecule has 14 heavy (non-hydrogen) atoms. The summed E-state index contributed by atoms with van der Waals surface area (Å²) in [7, 11) is 1.31. The second-order valence-corrected chi connectivity index (χ2v) is 5.38. The summed E-state index contributed by atoms with van der Waals surface area (Å²) in [6.45, 7) is 6.08. The minimum absolute atomic E-state index is 0.925. The molecular weight excluding hydrogens is 220 g/mol. The third-order valence-corrected chi connectivity index (χ3v) is 0.940. The molecule has 0 unspecified atom stereocenters. The second-order valence-electron chi connectivity index (χ2n) is 2.34. The summed E-state index contributed by atoms with van der Waals surface area (Å²) < 4.78 is 18.8. The molecule has 0 aliphatic rings. The largest absolute Gasteiger partial charge is 0.229 e.